The van der Waals surface area contributed by atoms with Crippen molar-refractivity contribution in [2.45, 2.75) is 49.6 Å². The molecule has 3 heterocycles. The number of hydrogen-bond acceptors (Lipinski definition) is 13. The number of pyridine rings is 1. The molecule has 0 saturated carbocycles. The minimum atomic E-state index is -0.890. The van der Waals surface area contributed by atoms with Gasteiger partial charge in [-0.3, -0.25) is 0 Å². The molecule has 0 bridgehead atoms. The number of rotatable bonds is 13. The molecular formula is C35H34ClN7O4S2. The molecular weight excluding hydrogens is 682 g/mol. The lowest BCUT2D eigenvalue weighted by atomic mass is 9.96. The van der Waals surface area contributed by atoms with E-state index >= 15 is 0 Å². The number of ether oxygens (including phenoxy) is 2. The van der Waals surface area contributed by atoms with Crippen LogP contribution in [0.2, 0.25) is 5.02 Å². The summed E-state index contributed by atoms with van der Waals surface area (Å²) in [7, 11) is 0. The van der Waals surface area contributed by atoms with E-state index < -0.39 is 24.0 Å². The zero-order valence-corrected chi connectivity index (χ0v) is 29.3. The predicted octanol–water partition coefficient (Wildman–Crippen LogP) is 5.94. The van der Waals surface area contributed by atoms with Crippen molar-refractivity contribution in [3.63, 3.8) is 0 Å². The molecule has 252 valence electrons. The molecule has 0 amide bonds. The van der Waals surface area contributed by atoms with Crippen LogP contribution >= 0.6 is 34.7 Å². The average molecular weight is 716 g/mol. The Morgan fingerprint density at radius 1 is 1.02 bits per heavy atom. The first-order chi connectivity index (χ1) is 23.7. The van der Waals surface area contributed by atoms with E-state index in [1.807, 2.05) is 41.8 Å². The number of anilines is 1. The Labute approximate surface area is 298 Å². The fourth-order valence-electron chi connectivity index (χ4n) is 5.08. The SMILES string of the molecule is CC(N)C(=O)OC(=O)C(C)NCCOc1ccc(-c2c(C#N)c(SCc3csc(-c4ccc(Cl)cc4)n3)nc(N3CCCC3)c2C#N)cc1. The molecule has 1 saturated heterocycles. The zero-order valence-electron chi connectivity index (χ0n) is 26.9. The van der Waals surface area contributed by atoms with Gasteiger partial charge in [-0.25, -0.2) is 19.6 Å². The largest absolute Gasteiger partial charge is 0.492 e. The summed E-state index contributed by atoms with van der Waals surface area (Å²) >= 11 is 9.02. The highest BCUT2D eigenvalue weighted by atomic mass is 35.5. The number of esters is 2. The van der Waals surface area contributed by atoms with E-state index in [-0.39, 0.29) is 6.61 Å². The molecule has 2 unspecified atom stereocenters. The van der Waals surface area contributed by atoms with Crippen molar-refractivity contribution in [1.82, 2.24) is 15.3 Å². The number of carbonyl (C=O) groups is 2. The van der Waals surface area contributed by atoms with Crippen molar-refractivity contribution in [2.75, 3.05) is 31.1 Å². The third-order valence-corrected chi connectivity index (χ3v) is 9.87. The average Bonchev–Trinajstić information content (AvgIpc) is 3.82. The van der Waals surface area contributed by atoms with Gasteiger partial charge in [-0.15, -0.1) is 11.3 Å². The molecule has 0 aliphatic carbocycles. The van der Waals surface area contributed by atoms with Gasteiger partial charge in [0.25, 0.3) is 0 Å². The second-order valence-electron chi connectivity index (χ2n) is 11.3. The topological polar surface area (TPSA) is 167 Å². The second kappa shape index (κ2) is 16.7. The molecule has 0 radical (unpaired) electrons. The maximum atomic E-state index is 12.0. The molecule has 4 aromatic rings. The first-order valence-corrected chi connectivity index (χ1v) is 17.9. The molecule has 49 heavy (non-hydrogen) atoms. The first kappa shape index (κ1) is 35.8. The van der Waals surface area contributed by atoms with Crippen LogP contribution in [0.5, 0.6) is 5.75 Å². The molecule has 2 atom stereocenters. The Bertz CT molecular complexity index is 1880. The van der Waals surface area contributed by atoms with Crippen LogP contribution in [0.1, 0.15) is 43.5 Å². The van der Waals surface area contributed by atoms with E-state index in [2.05, 4.69) is 22.4 Å². The lowest BCUT2D eigenvalue weighted by Crippen LogP contribution is -2.41. The van der Waals surface area contributed by atoms with Crippen LogP contribution in [0.3, 0.4) is 0 Å². The molecule has 2 aromatic heterocycles. The second-order valence-corrected chi connectivity index (χ2v) is 13.6. The highest BCUT2D eigenvalue weighted by molar-refractivity contribution is 7.98. The maximum absolute atomic E-state index is 12.0. The fourth-order valence-corrected chi connectivity index (χ4v) is 7.01. The van der Waals surface area contributed by atoms with Crippen molar-refractivity contribution in [3.05, 3.63) is 75.8 Å². The number of halogens is 1. The highest BCUT2D eigenvalue weighted by Crippen LogP contribution is 2.40. The first-order valence-electron chi connectivity index (χ1n) is 15.6. The maximum Gasteiger partial charge on any atom is 0.330 e. The number of thiazole rings is 1. The summed E-state index contributed by atoms with van der Waals surface area (Å²) in [4.78, 5) is 35.4. The van der Waals surface area contributed by atoms with Crippen molar-refractivity contribution >= 4 is 52.5 Å². The lowest BCUT2D eigenvalue weighted by molar-refractivity contribution is -0.161. The van der Waals surface area contributed by atoms with E-state index in [4.69, 9.17) is 36.8 Å². The van der Waals surface area contributed by atoms with Crippen LogP contribution in [-0.2, 0) is 20.1 Å². The summed E-state index contributed by atoms with van der Waals surface area (Å²) in [5.74, 6) is 0.137. The summed E-state index contributed by atoms with van der Waals surface area (Å²) in [5, 5.41) is 27.8. The smallest absolute Gasteiger partial charge is 0.330 e. The highest BCUT2D eigenvalue weighted by Gasteiger charge is 2.26. The Morgan fingerprint density at radius 3 is 2.35 bits per heavy atom. The van der Waals surface area contributed by atoms with Gasteiger partial charge in [-0.2, -0.15) is 10.5 Å². The number of thioether (sulfide) groups is 1. The fraction of sp³-hybridized carbons (Fsp3) is 0.314. The van der Waals surface area contributed by atoms with Crippen molar-refractivity contribution in [2.24, 2.45) is 5.73 Å². The van der Waals surface area contributed by atoms with Crippen LogP contribution in [-0.4, -0.2) is 60.2 Å². The third kappa shape index (κ3) is 8.95. The van der Waals surface area contributed by atoms with Gasteiger partial charge in [0.2, 0.25) is 0 Å². The molecule has 1 aliphatic rings. The Morgan fingerprint density at radius 2 is 1.69 bits per heavy atom. The summed E-state index contributed by atoms with van der Waals surface area (Å²) < 4.78 is 10.6. The van der Waals surface area contributed by atoms with Crippen molar-refractivity contribution in [1.29, 1.82) is 10.5 Å². The van der Waals surface area contributed by atoms with Gasteiger partial charge in [0.15, 0.2) is 0 Å². The van der Waals surface area contributed by atoms with E-state index in [1.54, 1.807) is 19.1 Å². The minimum absolute atomic E-state index is 0.233. The molecule has 3 N–H and O–H groups in total. The van der Waals surface area contributed by atoms with Crippen LogP contribution in [0.25, 0.3) is 21.7 Å². The molecule has 11 nitrogen and oxygen atoms in total. The molecule has 0 spiro atoms. The standard InChI is InChI=1S/C35H34ClN7O4S2/c1-21(39)34(44)47-35(45)22(2)40-13-16-46-27-11-7-23(8-12-27)30-28(17-37)31(43-14-3-4-15-43)42-33(29(30)18-38)49-20-26-19-48-32(41-26)24-5-9-25(36)10-6-24/h5-12,19,21-22,40H,3-4,13-16,20,39H2,1-2H3. The van der Waals surface area contributed by atoms with Gasteiger partial charge in [0, 0.05) is 46.9 Å². The van der Waals surface area contributed by atoms with Crippen molar-refractivity contribution < 1.29 is 19.1 Å². The predicted molar refractivity (Wildman–Crippen MR) is 190 cm³/mol. The van der Waals surface area contributed by atoms with Crippen LogP contribution in [0.15, 0.2) is 58.9 Å². The summed E-state index contributed by atoms with van der Waals surface area (Å²) in [6, 6.07) is 17.8. The van der Waals surface area contributed by atoms with Gasteiger partial charge in [-0.05, 0) is 56.5 Å². The van der Waals surface area contributed by atoms with Gasteiger partial charge >= 0.3 is 11.9 Å². The number of nitrogens with two attached hydrogens (primary N) is 1. The normalized spacial score (nSPS) is 13.7. The minimum Gasteiger partial charge on any atom is -0.492 e. The van der Waals surface area contributed by atoms with E-state index in [1.165, 1.54) is 30.0 Å². The summed E-state index contributed by atoms with van der Waals surface area (Å²) in [6.07, 6.45) is 2.01. The van der Waals surface area contributed by atoms with Gasteiger partial charge in [-0.1, -0.05) is 47.6 Å². The van der Waals surface area contributed by atoms with Crippen LogP contribution in [0.4, 0.5) is 5.82 Å². The number of nitrogens with zero attached hydrogens (tertiary/aromatic N) is 5. The van der Waals surface area contributed by atoms with Crippen LogP contribution in [0, 0.1) is 22.7 Å². The monoisotopic (exact) mass is 715 g/mol. The van der Waals surface area contributed by atoms with Gasteiger partial charge in [0.1, 0.15) is 58.0 Å². The Kier molecular flexibility index (Phi) is 12.2. The van der Waals surface area contributed by atoms with E-state index in [0.29, 0.717) is 56.2 Å². The molecule has 14 heteroatoms. The number of nitrogens with one attached hydrogen (secondary N) is 1. The van der Waals surface area contributed by atoms with E-state index in [0.717, 1.165) is 42.2 Å². The Balaban J connectivity index is 1.33. The van der Waals surface area contributed by atoms with E-state index in [9.17, 15) is 20.1 Å². The van der Waals surface area contributed by atoms with Crippen molar-refractivity contribution in [3.8, 4) is 39.6 Å². The molecule has 5 rings (SSSR count). The molecule has 2 aromatic carbocycles. The summed E-state index contributed by atoms with van der Waals surface area (Å²) in [5.41, 5.74) is 9.20. The zero-order chi connectivity index (χ0) is 34.9. The molecule has 1 fully saturated rings. The number of aromatic nitrogens is 2. The van der Waals surface area contributed by atoms with Gasteiger partial charge < -0.3 is 25.4 Å². The number of benzene rings is 2. The van der Waals surface area contributed by atoms with Gasteiger partial charge in [0.05, 0.1) is 11.3 Å². The number of nitriles is 2. The third-order valence-electron chi connectivity index (χ3n) is 7.66. The quantitative estimate of drug-likeness (QED) is 0.0725. The lowest BCUT2D eigenvalue weighted by Gasteiger charge is -2.22. The summed E-state index contributed by atoms with van der Waals surface area (Å²) in [6.45, 7) is 5.14. The molecule has 1 aliphatic heterocycles. The number of carbonyl (C=O) groups excluding carboxylic acids is 2. The number of hydrogen-bond donors (Lipinski definition) is 2. The van der Waals surface area contributed by atoms with Crippen LogP contribution < -0.4 is 20.7 Å². The Hall–Kier alpha value is -4.50.